The molecule has 14 nitrogen and oxygen atoms in total. The molecule has 346 valence electrons. The number of Topliss-reactive ketones (excluding diaryl/α,β-unsaturated/α-hetero) is 1. The molecule has 0 unspecified atom stereocenters. The number of epoxide rings is 1. The van der Waals surface area contributed by atoms with Crippen molar-refractivity contribution in [2.75, 3.05) is 42.1 Å². The van der Waals surface area contributed by atoms with E-state index in [1.165, 1.54) is 17.9 Å². The maximum absolute atomic E-state index is 13.6. The van der Waals surface area contributed by atoms with Gasteiger partial charge < -0.3 is 47.9 Å². The molecule has 0 aromatic heterocycles. The van der Waals surface area contributed by atoms with E-state index in [0.29, 0.717) is 51.5 Å². The Balaban J connectivity index is 1.91. The molecule has 3 rings (SSSR count). The van der Waals surface area contributed by atoms with Crippen LogP contribution < -0.4 is 0 Å². The SMILES string of the molecule is CO[C@H]([C@H](C)/C=C/N(C)C=O)[C@@H](C)C(=O)CC[C@H](C)[C@H](O)[C@H](C)[C@H]1OC(=O)/C=C/C(C)=C/C[C@H](OC(C)=O)C[C@@H]2C=CC[C@@H](C[C@H](OC)[C@@]3(CO3)[C@@H](OC)C[C@@H](OC)[C@@H]1C)O2. The summed E-state index contributed by atoms with van der Waals surface area (Å²) in [6.45, 7) is 13.1. The van der Waals surface area contributed by atoms with Crippen molar-refractivity contribution in [3.63, 3.8) is 0 Å². The zero-order valence-electron chi connectivity index (χ0n) is 38.7. The number of carbonyl (C=O) groups excluding carboxylic acids is 4. The summed E-state index contributed by atoms with van der Waals surface area (Å²) >= 11 is 0. The minimum atomic E-state index is -0.947. The second-order valence-electron chi connectivity index (χ2n) is 17.4. The number of fused-ring (bicyclic) bond motifs is 2. The normalized spacial score (nSPS) is 33.5. The number of aliphatic hydroxyl groups is 1. The van der Waals surface area contributed by atoms with E-state index in [9.17, 15) is 24.3 Å². The van der Waals surface area contributed by atoms with Crippen LogP contribution in [0.3, 0.4) is 0 Å². The second kappa shape index (κ2) is 25.2. The highest BCUT2D eigenvalue weighted by atomic mass is 16.6. The van der Waals surface area contributed by atoms with Crippen molar-refractivity contribution in [2.24, 2.45) is 29.6 Å². The lowest BCUT2D eigenvalue weighted by Gasteiger charge is -2.39. The van der Waals surface area contributed by atoms with Crippen LogP contribution in [0, 0.1) is 29.6 Å². The number of nitrogens with zero attached hydrogens (tertiary/aromatic N) is 1. The topological polar surface area (TPSA) is 169 Å². The smallest absolute Gasteiger partial charge is 0.331 e. The Labute approximate surface area is 364 Å². The van der Waals surface area contributed by atoms with E-state index < -0.39 is 65.9 Å². The summed E-state index contributed by atoms with van der Waals surface area (Å²) in [5.41, 5.74) is 0.000165. The van der Waals surface area contributed by atoms with E-state index in [4.69, 9.17) is 37.9 Å². The Morgan fingerprint density at radius 2 is 1.69 bits per heavy atom. The van der Waals surface area contributed by atoms with Crippen molar-refractivity contribution >= 4 is 24.1 Å². The van der Waals surface area contributed by atoms with Gasteiger partial charge in [-0.25, -0.2) is 4.79 Å². The summed E-state index contributed by atoms with van der Waals surface area (Å²) in [4.78, 5) is 51.7. The third-order valence-corrected chi connectivity index (χ3v) is 12.9. The molecule has 14 heteroatoms. The van der Waals surface area contributed by atoms with Crippen LogP contribution in [0.4, 0.5) is 0 Å². The maximum atomic E-state index is 13.6. The molecule has 0 aliphatic carbocycles. The first-order chi connectivity index (χ1) is 28.9. The van der Waals surface area contributed by atoms with Crippen LogP contribution in [-0.2, 0) is 57.1 Å². The predicted octanol–water partition coefficient (Wildman–Crippen LogP) is 5.94. The Kier molecular flexibility index (Phi) is 21.5. The first kappa shape index (κ1) is 52.1. The van der Waals surface area contributed by atoms with Gasteiger partial charge in [-0.1, -0.05) is 70.6 Å². The predicted molar refractivity (Wildman–Crippen MR) is 230 cm³/mol. The molecule has 1 fully saturated rings. The van der Waals surface area contributed by atoms with Crippen LogP contribution in [0.2, 0.25) is 0 Å². The van der Waals surface area contributed by atoms with Crippen LogP contribution in [0.5, 0.6) is 0 Å². The van der Waals surface area contributed by atoms with Crippen LogP contribution in [0.25, 0.3) is 0 Å². The molecule has 3 aliphatic rings. The molecular formula is C47H75NO13. The highest BCUT2D eigenvalue weighted by Gasteiger charge is 2.59. The van der Waals surface area contributed by atoms with E-state index in [1.54, 1.807) is 47.8 Å². The number of amides is 1. The van der Waals surface area contributed by atoms with Crippen LogP contribution in [0.1, 0.15) is 93.4 Å². The molecule has 3 aliphatic heterocycles. The van der Waals surface area contributed by atoms with Gasteiger partial charge >= 0.3 is 11.9 Å². The van der Waals surface area contributed by atoms with E-state index in [-0.39, 0.29) is 48.3 Å². The number of methoxy groups -OCH3 is 4. The molecule has 0 radical (unpaired) electrons. The Hall–Kier alpha value is -3.24. The average Bonchev–Trinajstić information content (AvgIpc) is 4.05. The van der Waals surface area contributed by atoms with Crippen LogP contribution in [-0.4, -0.2) is 137 Å². The molecule has 1 spiro atoms. The molecule has 15 atom stereocenters. The van der Waals surface area contributed by atoms with Crippen LogP contribution in [0.15, 0.2) is 48.2 Å². The zero-order chi connectivity index (χ0) is 45.4. The summed E-state index contributed by atoms with van der Waals surface area (Å²) in [6.07, 6.45) is 11.9. The lowest BCUT2D eigenvalue weighted by molar-refractivity contribution is -0.159. The zero-order valence-corrected chi connectivity index (χ0v) is 38.7. The van der Waals surface area contributed by atoms with Crippen molar-refractivity contribution in [1.82, 2.24) is 4.90 Å². The van der Waals surface area contributed by atoms with Gasteiger partial charge in [0.1, 0.15) is 23.6 Å². The molecule has 61 heavy (non-hydrogen) atoms. The summed E-state index contributed by atoms with van der Waals surface area (Å²) in [5.74, 6) is -2.88. The van der Waals surface area contributed by atoms with Gasteiger partial charge in [0.05, 0.1) is 49.3 Å². The van der Waals surface area contributed by atoms with Crippen molar-refractivity contribution in [2.45, 2.75) is 154 Å². The van der Waals surface area contributed by atoms with E-state index >= 15 is 0 Å². The van der Waals surface area contributed by atoms with E-state index in [2.05, 4.69) is 6.08 Å². The minimum absolute atomic E-state index is 0.000379. The van der Waals surface area contributed by atoms with Crippen molar-refractivity contribution in [1.29, 1.82) is 0 Å². The van der Waals surface area contributed by atoms with Gasteiger partial charge in [-0.15, -0.1) is 0 Å². The average molecular weight is 862 g/mol. The molecule has 0 aromatic rings. The van der Waals surface area contributed by atoms with E-state index in [1.807, 2.05) is 59.8 Å². The van der Waals surface area contributed by atoms with Crippen molar-refractivity contribution in [3.05, 3.63) is 48.2 Å². The number of hydrogen-bond acceptors (Lipinski definition) is 13. The summed E-state index contributed by atoms with van der Waals surface area (Å²) in [5, 5.41) is 11.9. The fourth-order valence-corrected chi connectivity index (χ4v) is 8.95. The number of carbonyl (C=O) groups is 4. The summed E-state index contributed by atoms with van der Waals surface area (Å²) in [7, 11) is 8.10. The number of hydrogen-bond donors (Lipinski definition) is 1. The number of cyclic esters (lactones) is 1. The second-order valence-corrected chi connectivity index (χ2v) is 17.4. The van der Waals surface area contributed by atoms with Gasteiger partial charge in [-0.05, 0) is 25.7 Å². The number of esters is 2. The lowest BCUT2D eigenvalue weighted by Crippen LogP contribution is -2.50. The van der Waals surface area contributed by atoms with Crippen molar-refractivity contribution < 1.29 is 62.2 Å². The monoisotopic (exact) mass is 862 g/mol. The fraction of sp³-hybridized carbons (Fsp3) is 0.745. The third kappa shape index (κ3) is 15.2. The van der Waals surface area contributed by atoms with Gasteiger partial charge in [-0.3, -0.25) is 14.4 Å². The molecule has 3 heterocycles. The standard InChI is InChI=1S/C47H75NO13/c1-29-16-19-38(59-35(7)50)24-36-14-13-15-37(60-36)25-41(55-10)47(27-58-47)42(56-11)26-40(54-9)33(5)46(61-43(52)21-17-29)34(6)44(53)30(2)18-20-39(51)32(4)45(57-12)31(3)22-23-48(8)28-49/h13-14,16-17,21-23,28,30-34,36-38,40-42,44-46,53H,15,18-20,24-27H2,1-12H3/b21-17+,23-22+,29-16+/t30-,31+,32-,33-,34-,36-,37-,38-,40+,41-,42-,44-,45+,46-,47-/m0/s1. The van der Waals surface area contributed by atoms with Gasteiger partial charge in [0.15, 0.2) is 0 Å². The van der Waals surface area contributed by atoms with Gasteiger partial charge in [0.25, 0.3) is 0 Å². The number of aliphatic hydroxyl groups excluding tert-OH is 1. The number of allylic oxidation sites excluding steroid dienone is 2. The molecule has 0 saturated carbocycles. The molecule has 0 aromatic carbocycles. The van der Waals surface area contributed by atoms with Gasteiger partial charge in [0, 0.05) is 110 Å². The molecular weight excluding hydrogens is 787 g/mol. The number of ketones is 1. The number of rotatable bonds is 17. The minimum Gasteiger partial charge on any atom is -0.462 e. The first-order valence-corrected chi connectivity index (χ1v) is 21.8. The molecule has 1 amide bonds. The Morgan fingerprint density at radius 1 is 1.02 bits per heavy atom. The molecule has 1 N–H and O–H groups in total. The first-order valence-electron chi connectivity index (χ1n) is 21.8. The quantitative estimate of drug-likeness (QED) is 0.0790. The molecule has 1 saturated heterocycles. The van der Waals surface area contributed by atoms with Gasteiger partial charge in [0.2, 0.25) is 6.41 Å². The number of ether oxygens (including phenoxy) is 8. The highest BCUT2D eigenvalue weighted by molar-refractivity contribution is 5.82. The van der Waals surface area contributed by atoms with E-state index in [0.717, 1.165) is 5.57 Å². The Morgan fingerprint density at radius 3 is 2.28 bits per heavy atom. The third-order valence-electron chi connectivity index (χ3n) is 12.9. The van der Waals surface area contributed by atoms with Crippen molar-refractivity contribution in [3.8, 4) is 0 Å². The lowest BCUT2D eigenvalue weighted by atomic mass is 9.78. The highest BCUT2D eigenvalue weighted by Crippen LogP contribution is 2.43. The maximum Gasteiger partial charge on any atom is 0.331 e. The van der Waals surface area contributed by atoms with Gasteiger partial charge in [-0.2, -0.15) is 0 Å². The van der Waals surface area contributed by atoms with Crippen LogP contribution >= 0.6 is 0 Å². The molecule has 2 bridgehead atoms. The fourth-order valence-electron chi connectivity index (χ4n) is 8.95. The largest absolute Gasteiger partial charge is 0.462 e. The Bertz CT molecular complexity index is 1520. The summed E-state index contributed by atoms with van der Waals surface area (Å²) < 4.78 is 48.8. The summed E-state index contributed by atoms with van der Waals surface area (Å²) in [6, 6.07) is 0.